The molecule has 3 heteroatoms. The zero-order valence-corrected chi connectivity index (χ0v) is 11.0. The van der Waals surface area contributed by atoms with Crippen LogP contribution in [-0.4, -0.2) is 49.8 Å². The molecular formula is C13H26N2O. The maximum absolute atomic E-state index is 5.58. The molecule has 0 aromatic heterocycles. The van der Waals surface area contributed by atoms with Gasteiger partial charge in [0, 0.05) is 24.7 Å². The van der Waals surface area contributed by atoms with Gasteiger partial charge in [-0.2, -0.15) is 0 Å². The summed E-state index contributed by atoms with van der Waals surface area (Å²) in [5, 5.41) is 3.75. The summed E-state index contributed by atoms with van der Waals surface area (Å²) >= 11 is 0. The molecule has 0 radical (unpaired) electrons. The fourth-order valence-electron chi connectivity index (χ4n) is 2.88. The summed E-state index contributed by atoms with van der Waals surface area (Å²) in [7, 11) is 4.43. The van der Waals surface area contributed by atoms with Crippen molar-refractivity contribution in [2.75, 3.05) is 27.2 Å². The molecule has 2 rings (SSSR count). The number of likely N-dealkylation sites (N-methyl/N-ethyl adjacent to an activating group) is 1. The van der Waals surface area contributed by atoms with Crippen LogP contribution in [-0.2, 0) is 4.74 Å². The quantitative estimate of drug-likeness (QED) is 0.788. The molecule has 1 aliphatic heterocycles. The molecular weight excluding hydrogens is 200 g/mol. The van der Waals surface area contributed by atoms with Gasteiger partial charge >= 0.3 is 0 Å². The van der Waals surface area contributed by atoms with Crippen LogP contribution < -0.4 is 5.32 Å². The molecule has 1 N–H and O–H groups in total. The fraction of sp³-hybridized carbons (Fsp3) is 1.00. The van der Waals surface area contributed by atoms with Crippen LogP contribution in [0.3, 0.4) is 0 Å². The van der Waals surface area contributed by atoms with Crippen LogP contribution in [0.1, 0.15) is 39.0 Å². The Labute approximate surface area is 99.5 Å². The molecule has 2 aliphatic rings. The normalized spacial score (nSPS) is 33.8. The van der Waals surface area contributed by atoms with E-state index in [0.29, 0.717) is 17.7 Å². The lowest BCUT2D eigenvalue weighted by Gasteiger charge is -2.48. The van der Waals surface area contributed by atoms with Crippen molar-refractivity contribution in [2.45, 2.75) is 56.7 Å². The van der Waals surface area contributed by atoms with E-state index >= 15 is 0 Å². The maximum Gasteiger partial charge on any atom is 0.0561 e. The van der Waals surface area contributed by atoms with Crippen LogP contribution >= 0.6 is 0 Å². The van der Waals surface area contributed by atoms with E-state index in [1.807, 2.05) is 0 Å². The first-order valence-corrected chi connectivity index (χ1v) is 6.65. The van der Waals surface area contributed by atoms with Gasteiger partial charge in [-0.25, -0.2) is 0 Å². The Morgan fingerprint density at radius 2 is 2.12 bits per heavy atom. The van der Waals surface area contributed by atoms with Gasteiger partial charge in [-0.15, -0.1) is 0 Å². The van der Waals surface area contributed by atoms with Gasteiger partial charge < -0.3 is 15.0 Å². The average molecular weight is 226 g/mol. The minimum Gasteiger partial charge on any atom is -0.378 e. The summed E-state index contributed by atoms with van der Waals surface area (Å²) in [4.78, 5) is 2.41. The summed E-state index contributed by atoms with van der Waals surface area (Å²) in [6.45, 7) is 4.25. The van der Waals surface area contributed by atoms with Crippen molar-refractivity contribution in [2.24, 2.45) is 0 Å². The summed E-state index contributed by atoms with van der Waals surface area (Å²) in [6, 6.07) is 0.668. The Bertz CT molecular complexity index is 226. The van der Waals surface area contributed by atoms with E-state index < -0.39 is 0 Å². The van der Waals surface area contributed by atoms with Crippen LogP contribution in [0.2, 0.25) is 0 Å². The van der Waals surface area contributed by atoms with Crippen molar-refractivity contribution in [1.29, 1.82) is 0 Å². The monoisotopic (exact) mass is 226 g/mol. The molecule has 2 fully saturated rings. The molecule has 0 amide bonds. The molecule has 1 saturated heterocycles. The molecule has 0 aromatic carbocycles. The maximum atomic E-state index is 5.58. The van der Waals surface area contributed by atoms with Gasteiger partial charge in [0.25, 0.3) is 0 Å². The highest BCUT2D eigenvalue weighted by molar-refractivity contribution is 4.98. The minimum atomic E-state index is 0.433. The van der Waals surface area contributed by atoms with Crippen molar-refractivity contribution in [3.05, 3.63) is 0 Å². The van der Waals surface area contributed by atoms with Gasteiger partial charge in [0.15, 0.2) is 0 Å². The molecule has 16 heavy (non-hydrogen) atoms. The SMILES string of the molecule is CC1CC(NCC2(N(C)C)CCC2)CCO1. The van der Waals surface area contributed by atoms with Crippen molar-refractivity contribution in [1.82, 2.24) is 10.2 Å². The Balaban J connectivity index is 1.77. The Kier molecular flexibility index (Phi) is 3.88. The second-order valence-corrected chi connectivity index (χ2v) is 5.76. The third-order valence-corrected chi connectivity index (χ3v) is 4.44. The van der Waals surface area contributed by atoms with Crippen LogP contribution in [0.4, 0.5) is 0 Å². The average Bonchev–Trinajstić information content (AvgIpc) is 2.15. The van der Waals surface area contributed by atoms with Crippen molar-refractivity contribution in [3.63, 3.8) is 0 Å². The summed E-state index contributed by atoms with van der Waals surface area (Å²) in [5.41, 5.74) is 0.446. The number of nitrogens with zero attached hydrogens (tertiary/aromatic N) is 1. The fourth-order valence-corrected chi connectivity index (χ4v) is 2.88. The van der Waals surface area contributed by atoms with Crippen LogP contribution in [0, 0.1) is 0 Å². The Morgan fingerprint density at radius 3 is 2.62 bits per heavy atom. The number of hydrogen-bond acceptors (Lipinski definition) is 3. The molecule has 1 saturated carbocycles. The lowest BCUT2D eigenvalue weighted by Crippen LogP contribution is -2.58. The third kappa shape index (κ3) is 2.58. The van der Waals surface area contributed by atoms with Crippen molar-refractivity contribution < 1.29 is 4.74 Å². The van der Waals surface area contributed by atoms with Gasteiger partial charge in [-0.3, -0.25) is 0 Å². The first-order chi connectivity index (χ1) is 7.62. The smallest absolute Gasteiger partial charge is 0.0561 e. The van der Waals surface area contributed by atoms with E-state index in [2.05, 4.69) is 31.2 Å². The third-order valence-electron chi connectivity index (χ3n) is 4.44. The highest BCUT2D eigenvalue weighted by atomic mass is 16.5. The van der Waals surface area contributed by atoms with E-state index in [9.17, 15) is 0 Å². The van der Waals surface area contributed by atoms with Gasteiger partial charge in [0.2, 0.25) is 0 Å². The first kappa shape index (κ1) is 12.3. The molecule has 3 nitrogen and oxygen atoms in total. The van der Waals surface area contributed by atoms with Crippen LogP contribution in [0.25, 0.3) is 0 Å². The summed E-state index contributed by atoms with van der Waals surface area (Å²) < 4.78 is 5.58. The topological polar surface area (TPSA) is 24.5 Å². The van der Waals surface area contributed by atoms with Crippen LogP contribution in [0.15, 0.2) is 0 Å². The molecule has 0 spiro atoms. The van der Waals surface area contributed by atoms with E-state index in [1.165, 1.54) is 32.1 Å². The molecule has 1 heterocycles. The molecule has 2 atom stereocenters. The molecule has 94 valence electrons. The summed E-state index contributed by atoms with van der Waals surface area (Å²) in [5.74, 6) is 0. The molecule has 0 aromatic rings. The Hall–Kier alpha value is -0.120. The molecule has 0 bridgehead atoms. The van der Waals surface area contributed by atoms with Gasteiger partial charge in [-0.1, -0.05) is 0 Å². The Morgan fingerprint density at radius 1 is 1.38 bits per heavy atom. The second-order valence-electron chi connectivity index (χ2n) is 5.76. The van der Waals surface area contributed by atoms with E-state index in [4.69, 9.17) is 4.74 Å². The van der Waals surface area contributed by atoms with Crippen molar-refractivity contribution in [3.8, 4) is 0 Å². The van der Waals surface area contributed by atoms with E-state index in [1.54, 1.807) is 0 Å². The highest BCUT2D eigenvalue weighted by Gasteiger charge is 2.39. The molecule has 1 aliphatic carbocycles. The zero-order valence-electron chi connectivity index (χ0n) is 11.0. The lowest BCUT2D eigenvalue weighted by molar-refractivity contribution is 0.00400. The zero-order chi connectivity index (χ0) is 11.6. The number of ether oxygens (including phenoxy) is 1. The predicted molar refractivity (Wildman–Crippen MR) is 66.7 cm³/mol. The highest BCUT2D eigenvalue weighted by Crippen LogP contribution is 2.35. The van der Waals surface area contributed by atoms with E-state index in [-0.39, 0.29) is 0 Å². The largest absolute Gasteiger partial charge is 0.378 e. The molecule has 2 unspecified atom stereocenters. The number of hydrogen-bond donors (Lipinski definition) is 1. The number of nitrogens with one attached hydrogen (secondary N) is 1. The van der Waals surface area contributed by atoms with Crippen LogP contribution in [0.5, 0.6) is 0 Å². The summed E-state index contributed by atoms with van der Waals surface area (Å²) in [6.07, 6.45) is 6.88. The van der Waals surface area contributed by atoms with Crippen molar-refractivity contribution >= 4 is 0 Å². The lowest BCUT2D eigenvalue weighted by atomic mass is 9.75. The second kappa shape index (κ2) is 5.03. The van der Waals surface area contributed by atoms with E-state index in [0.717, 1.165) is 13.2 Å². The number of rotatable bonds is 4. The first-order valence-electron chi connectivity index (χ1n) is 6.65. The minimum absolute atomic E-state index is 0.433. The van der Waals surface area contributed by atoms with Gasteiger partial charge in [-0.05, 0) is 53.1 Å². The standard InChI is InChI=1S/C13H26N2O/c1-11-9-12(5-8-16-11)14-10-13(15(2)3)6-4-7-13/h11-12,14H,4-10H2,1-3H3. The predicted octanol–water partition coefficient (Wildman–Crippen LogP) is 1.63. The van der Waals surface area contributed by atoms with Gasteiger partial charge in [0.1, 0.15) is 0 Å². The van der Waals surface area contributed by atoms with Gasteiger partial charge in [0.05, 0.1) is 6.10 Å².